The fraction of sp³-hybridized carbons (Fsp3) is 0.412. The van der Waals surface area contributed by atoms with Crippen LogP contribution in [0.25, 0.3) is 0 Å². The van der Waals surface area contributed by atoms with E-state index in [1.165, 1.54) is 6.07 Å². The van der Waals surface area contributed by atoms with Gasteiger partial charge in [-0.1, -0.05) is 23.7 Å². The fourth-order valence-electron chi connectivity index (χ4n) is 3.22. The molecule has 3 rings (SSSR count). The Hall–Kier alpha value is -1.34. The molecule has 5 nitrogen and oxygen atoms in total. The molecule has 1 atom stereocenters. The molecule has 1 aliphatic heterocycles. The van der Waals surface area contributed by atoms with Crippen LogP contribution in [0.1, 0.15) is 24.6 Å². The summed E-state index contributed by atoms with van der Waals surface area (Å²) in [5, 5.41) is 0.238. The Kier molecular flexibility index (Phi) is 5.30. The summed E-state index contributed by atoms with van der Waals surface area (Å²) in [5.41, 5.74) is 1.11. The molecule has 0 spiro atoms. The second-order valence-electron chi connectivity index (χ2n) is 6.09. The van der Waals surface area contributed by atoms with Gasteiger partial charge in [-0.3, -0.25) is 4.90 Å². The van der Waals surface area contributed by atoms with Crippen LogP contribution in [-0.4, -0.2) is 37.5 Å². The van der Waals surface area contributed by atoms with Crippen LogP contribution in [0.2, 0.25) is 5.02 Å². The van der Waals surface area contributed by atoms with E-state index in [9.17, 15) is 8.42 Å². The Bertz CT molecular complexity index is 798. The van der Waals surface area contributed by atoms with Gasteiger partial charge in [0, 0.05) is 25.5 Å². The molecule has 0 unspecified atom stereocenters. The summed E-state index contributed by atoms with van der Waals surface area (Å²) in [6, 6.07) is 10.6. The van der Waals surface area contributed by atoms with E-state index < -0.39 is 10.0 Å². The molecule has 2 aromatic rings. The van der Waals surface area contributed by atoms with Crippen LogP contribution in [0.3, 0.4) is 0 Å². The summed E-state index contributed by atoms with van der Waals surface area (Å²) in [5.74, 6) is 0. The standard InChI is InChI=1S/C17H22ClN3O2S/c1-20-10-6-8-15(20)16(21-11-4-5-12-21)13-19-24(22,23)17-9-3-2-7-14(17)18/h2-3,6-10,16,19H,4-5,11-13H2,1H3/t16-/m1/s1. The minimum absolute atomic E-state index is 0.0183. The first kappa shape index (κ1) is 17.5. The molecule has 0 bridgehead atoms. The Balaban J connectivity index is 1.81. The third-order valence-electron chi connectivity index (χ3n) is 4.50. The number of hydrogen-bond donors (Lipinski definition) is 1. The van der Waals surface area contributed by atoms with Gasteiger partial charge in [0.05, 0.1) is 11.1 Å². The predicted octanol–water partition coefficient (Wildman–Crippen LogP) is 2.79. The van der Waals surface area contributed by atoms with Crippen molar-refractivity contribution in [2.24, 2.45) is 7.05 Å². The Morgan fingerprint density at radius 1 is 1.17 bits per heavy atom. The molecule has 1 aromatic heterocycles. The number of sulfonamides is 1. The smallest absolute Gasteiger partial charge is 0.242 e. The SMILES string of the molecule is Cn1cccc1[C@@H](CNS(=O)(=O)c1ccccc1Cl)N1CCCC1. The fourth-order valence-corrected chi connectivity index (χ4v) is 4.78. The number of likely N-dealkylation sites (tertiary alicyclic amines) is 1. The molecule has 0 saturated carbocycles. The van der Waals surface area contributed by atoms with Gasteiger partial charge in [0.1, 0.15) is 4.90 Å². The normalized spacial score (nSPS) is 17.2. The molecule has 0 radical (unpaired) electrons. The molecule has 24 heavy (non-hydrogen) atoms. The van der Waals surface area contributed by atoms with E-state index in [1.54, 1.807) is 18.2 Å². The summed E-state index contributed by atoms with van der Waals surface area (Å²) < 4.78 is 30.0. The number of hydrogen-bond acceptors (Lipinski definition) is 3. The van der Waals surface area contributed by atoms with Gasteiger partial charge in [-0.05, 0) is 50.2 Å². The minimum Gasteiger partial charge on any atom is -0.353 e. The van der Waals surface area contributed by atoms with Crippen LogP contribution in [0, 0.1) is 0 Å². The average molecular weight is 368 g/mol. The van der Waals surface area contributed by atoms with Crippen molar-refractivity contribution in [2.75, 3.05) is 19.6 Å². The highest BCUT2D eigenvalue weighted by Crippen LogP contribution is 2.26. The molecule has 1 N–H and O–H groups in total. The van der Waals surface area contributed by atoms with Crippen molar-refractivity contribution >= 4 is 21.6 Å². The summed E-state index contributed by atoms with van der Waals surface area (Å²) >= 11 is 6.04. The quantitative estimate of drug-likeness (QED) is 0.854. The van der Waals surface area contributed by atoms with Crippen LogP contribution in [-0.2, 0) is 17.1 Å². The number of nitrogens with zero attached hydrogens (tertiary/aromatic N) is 2. The number of aromatic nitrogens is 1. The van der Waals surface area contributed by atoms with Crippen LogP contribution < -0.4 is 4.72 Å². The van der Waals surface area contributed by atoms with E-state index >= 15 is 0 Å². The van der Waals surface area contributed by atoms with Crippen molar-refractivity contribution in [1.82, 2.24) is 14.2 Å². The average Bonchev–Trinajstić information content (AvgIpc) is 3.21. The van der Waals surface area contributed by atoms with Gasteiger partial charge in [-0.25, -0.2) is 13.1 Å². The molecule has 130 valence electrons. The first-order valence-electron chi connectivity index (χ1n) is 8.08. The molecular formula is C17H22ClN3O2S. The van der Waals surface area contributed by atoms with Crippen LogP contribution in [0.4, 0.5) is 0 Å². The van der Waals surface area contributed by atoms with E-state index in [0.29, 0.717) is 6.54 Å². The lowest BCUT2D eigenvalue weighted by molar-refractivity contribution is 0.238. The number of aryl methyl sites for hydroxylation is 1. The van der Waals surface area contributed by atoms with Gasteiger partial charge >= 0.3 is 0 Å². The Labute approximate surface area is 148 Å². The Morgan fingerprint density at radius 2 is 1.88 bits per heavy atom. The minimum atomic E-state index is -3.64. The number of benzene rings is 1. The van der Waals surface area contributed by atoms with Crippen molar-refractivity contribution in [2.45, 2.75) is 23.8 Å². The summed E-state index contributed by atoms with van der Waals surface area (Å²) in [7, 11) is -1.65. The van der Waals surface area contributed by atoms with E-state index in [1.807, 2.05) is 29.9 Å². The van der Waals surface area contributed by atoms with Gasteiger partial charge in [-0.2, -0.15) is 0 Å². The lowest BCUT2D eigenvalue weighted by Crippen LogP contribution is -2.37. The molecule has 0 amide bonds. The van der Waals surface area contributed by atoms with E-state index in [0.717, 1.165) is 31.6 Å². The second kappa shape index (κ2) is 7.27. The number of nitrogens with one attached hydrogen (secondary N) is 1. The van der Waals surface area contributed by atoms with Crippen molar-refractivity contribution in [3.63, 3.8) is 0 Å². The maximum Gasteiger partial charge on any atom is 0.242 e. The summed E-state index contributed by atoms with van der Waals surface area (Å²) in [6.45, 7) is 2.30. The maximum atomic E-state index is 12.6. The zero-order chi connectivity index (χ0) is 17.2. The first-order chi connectivity index (χ1) is 11.5. The molecule has 1 saturated heterocycles. The molecule has 1 fully saturated rings. The molecule has 1 aliphatic rings. The molecular weight excluding hydrogens is 346 g/mol. The largest absolute Gasteiger partial charge is 0.353 e. The Morgan fingerprint density at radius 3 is 2.50 bits per heavy atom. The van der Waals surface area contributed by atoms with E-state index in [-0.39, 0.29) is 16.0 Å². The van der Waals surface area contributed by atoms with Gasteiger partial charge < -0.3 is 4.57 Å². The lowest BCUT2D eigenvalue weighted by Gasteiger charge is -2.28. The highest BCUT2D eigenvalue weighted by atomic mass is 35.5. The van der Waals surface area contributed by atoms with Crippen molar-refractivity contribution in [3.8, 4) is 0 Å². The topological polar surface area (TPSA) is 54.3 Å². The third kappa shape index (κ3) is 3.67. The first-order valence-corrected chi connectivity index (χ1v) is 9.94. The highest BCUT2D eigenvalue weighted by molar-refractivity contribution is 7.89. The zero-order valence-corrected chi connectivity index (χ0v) is 15.2. The zero-order valence-electron chi connectivity index (χ0n) is 13.7. The van der Waals surface area contributed by atoms with Gasteiger partial charge in [0.15, 0.2) is 0 Å². The van der Waals surface area contributed by atoms with Gasteiger partial charge in [-0.15, -0.1) is 0 Å². The van der Waals surface area contributed by atoms with Crippen LogP contribution in [0.15, 0.2) is 47.5 Å². The summed E-state index contributed by atoms with van der Waals surface area (Å²) in [6.07, 6.45) is 4.29. The van der Waals surface area contributed by atoms with Crippen molar-refractivity contribution < 1.29 is 8.42 Å². The molecule has 0 aliphatic carbocycles. The third-order valence-corrected chi connectivity index (χ3v) is 6.42. The van der Waals surface area contributed by atoms with Crippen molar-refractivity contribution in [1.29, 1.82) is 0 Å². The highest BCUT2D eigenvalue weighted by Gasteiger charge is 2.27. The molecule has 1 aromatic carbocycles. The lowest BCUT2D eigenvalue weighted by atomic mass is 10.2. The number of halogens is 1. The van der Waals surface area contributed by atoms with Gasteiger partial charge in [0.2, 0.25) is 10.0 Å². The van der Waals surface area contributed by atoms with Crippen LogP contribution in [0.5, 0.6) is 0 Å². The molecule has 2 heterocycles. The van der Waals surface area contributed by atoms with E-state index in [2.05, 4.69) is 9.62 Å². The monoisotopic (exact) mass is 367 g/mol. The second-order valence-corrected chi connectivity index (χ2v) is 8.23. The van der Waals surface area contributed by atoms with Crippen LogP contribution >= 0.6 is 11.6 Å². The van der Waals surface area contributed by atoms with E-state index in [4.69, 9.17) is 11.6 Å². The van der Waals surface area contributed by atoms with Gasteiger partial charge in [0.25, 0.3) is 0 Å². The van der Waals surface area contributed by atoms with Crippen molar-refractivity contribution in [3.05, 3.63) is 53.3 Å². The number of rotatable bonds is 6. The predicted molar refractivity (Wildman–Crippen MR) is 95.6 cm³/mol. The molecule has 7 heteroatoms. The summed E-state index contributed by atoms with van der Waals surface area (Å²) in [4.78, 5) is 2.46. The maximum absolute atomic E-state index is 12.6.